The van der Waals surface area contributed by atoms with Crippen molar-refractivity contribution in [1.29, 1.82) is 5.26 Å². The molecule has 0 spiro atoms. The highest BCUT2D eigenvalue weighted by Gasteiger charge is 2.33. The van der Waals surface area contributed by atoms with Gasteiger partial charge >= 0.3 is 12.1 Å². The Morgan fingerprint density at radius 1 is 1.39 bits per heavy atom. The van der Waals surface area contributed by atoms with Gasteiger partial charge in [0.25, 0.3) is 0 Å². The lowest BCUT2D eigenvalue weighted by atomic mass is 10.0. The van der Waals surface area contributed by atoms with Crippen molar-refractivity contribution in [2.24, 2.45) is 0 Å². The summed E-state index contributed by atoms with van der Waals surface area (Å²) < 4.78 is 19.2. The molecule has 0 N–H and O–H groups in total. The van der Waals surface area contributed by atoms with E-state index in [2.05, 4.69) is 0 Å². The molecule has 1 heterocycles. The van der Waals surface area contributed by atoms with E-state index in [1.165, 1.54) is 11.4 Å². The van der Waals surface area contributed by atoms with Crippen molar-refractivity contribution in [1.82, 2.24) is 8.61 Å². The summed E-state index contributed by atoms with van der Waals surface area (Å²) in [5.41, 5.74) is 0.641. The molecular formula is C19H25N3O5S. The van der Waals surface area contributed by atoms with Gasteiger partial charge in [-0.1, -0.05) is 12.1 Å². The predicted molar refractivity (Wildman–Crippen MR) is 105 cm³/mol. The molecule has 0 aliphatic carbocycles. The van der Waals surface area contributed by atoms with Gasteiger partial charge in [0.1, 0.15) is 12.1 Å². The summed E-state index contributed by atoms with van der Waals surface area (Å²) in [7, 11) is 1.53. The Kier molecular flexibility index (Phi) is 7.54. The normalized spacial score (nSPS) is 14.0. The number of ether oxygens (including phenoxy) is 3. The van der Waals surface area contributed by atoms with Gasteiger partial charge < -0.3 is 14.2 Å². The van der Waals surface area contributed by atoms with Crippen molar-refractivity contribution in [3.05, 3.63) is 23.8 Å². The first kappa shape index (κ1) is 21.9. The lowest BCUT2D eigenvalue weighted by molar-refractivity contribution is -0.143. The van der Waals surface area contributed by atoms with Gasteiger partial charge in [-0.3, -0.25) is 4.79 Å². The number of hydrogen-bond acceptors (Lipinski definition) is 8. The number of fused-ring (bicyclic) bond motifs is 1. The predicted octanol–water partition coefficient (Wildman–Crippen LogP) is 3.17. The molecular weight excluding hydrogens is 382 g/mol. The Morgan fingerprint density at radius 2 is 2.14 bits per heavy atom. The highest BCUT2D eigenvalue weighted by Crippen LogP contribution is 2.42. The van der Waals surface area contributed by atoms with E-state index < -0.39 is 12.1 Å². The molecule has 1 aromatic rings. The molecule has 0 bridgehead atoms. The van der Waals surface area contributed by atoms with Crippen molar-refractivity contribution < 1.29 is 23.8 Å². The summed E-state index contributed by atoms with van der Waals surface area (Å²) in [6, 6.07) is 7.47. The van der Waals surface area contributed by atoms with Crippen molar-refractivity contribution in [3.63, 3.8) is 0 Å². The molecule has 0 saturated heterocycles. The van der Waals surface area contributed by atoms with Crippen LogP contribution in [0.25, 0.3) is 0 Å². The fourth-order valence-electron chi connectivity index (χ4n) is 2.71. The molecule has 9 heteroatoms. The minimum absolute atomic E-state index is 0.0458. The maximum atomic E-state index is 12.5. The summed E-state index contributed by atoms with van der Waals surface area (Å²) in [5, 5.41) is 8.80. The minimum Gasteiger partial charge on any atom is -0.483 e. The van der Waals surface area contributed by atoms with E-state index in [1.807, 2.05) is 32.0 Å². The highest BCUT2D eigenvalue weighted by molar-refractivity contribution is 7.95. The van der Waals surface area contributed by atoms with Gasteiger partial charge in [-0.05, 0) is 26.8 Å². The molecule has 0 aromatic heterocycles. The lowest BCUT2D eigenvalue weighted by Gasteiger charge is -2.24. The molecule has 0 unspecified atom stereocenters. The zero-order valence-corrected chi connectivity index (χ0v) is 17.4. The van der Waals surface area contributed by atoms with Crippen LogP contribution in [0.2, 0.25) is 0 Å². The Balaban J connectivity index is 2.01. The summed E-state index contributed by atoms with van der Waals surface area (Å²) >= 11 is 0.999. The standard InChI is InChI=1S/C19H25N3O5S/c1-5-25-16(23)13-22(11-7-10-20)28-21(4)18(24)26-15-9-6-8-14-12-19(2,3)27-17(14)15/h6,8-9H,5,7,11-13H2,1-4H3. The van der Waals surface area contributed by atoms with Crippen LogP contribution in [0.5, 0.6) is 11.5 Å². The van der Waals surface area contributed by atoms with Gasteiger partial charge in [-0.25, -0.2) is 13.4 Å². The maximum Gasteiger partial charge on any atom is 0.426 e. The van der Waals surface area contributed by atoms with Crippen LogP contribution < -0.4 is 9.47 Å². The van der Waals surface area contributed by atoms with E-state index in [0.717, 1.165) is 24.1 Å². The molecule has 1 aromatic carbocycles. The second-order valence-corrected chi connectivity index (χ2v) is 8.03. The molecule has 28 heavy (non-hydrogen) atoms. The molecule has 1 amide bonds. The van der Waals surface area contributed by atoms with Crippen LogP contribution in [-0.4, -0.2) is 53.0 Å². The van der Waals surface area contributed by atoms with E-state index in [-0.39, 0.29) is 25.2 Å². The first-order chi connectivity index (χ1) is 13.3. The van der Waals surface area contributed by atoms with Gasteiger partial charge in [-0.2, -0.15) is 5.26 Å². The van der Waals surface area contributed by atoms with Crippen LogP contribution >= 0.6 is 12.1 Å². The van der Waals surface area contributed by atoms with Crippen LogP contribution in [0.3, 0.4) is 0 Å². The van der Waals surface area contributed by atoms with Crippen molar-refractivity contribution in [3.8, 4) is 17.6 Å². The number of nitriles is 1. The molecule has 0 fully saturated rings. The lowest BCUT2D eigenvalue weighted by Crippen LogP contribution is -2.33. The number of amides is 1. The topological polar surface area (TPSA) is 92.1 Å². The average molecular weight is 407 g/mol. The van der Waals surface area contributed by atoms with Gasteiger partial charge in [0, 0.05) is 44.1 Å². The largest absolute Gasteiger partial charge is 0.483 e. The third-order valence-electron chi connectivity index (χ3n) is 3.83. The third kappa shape index (κ3) is 6.04. The Hall–Kier alpha value is -2.44. The molecule has 0 atom stereocenters. The zero-order valence-electron chi connectivity index (χ0n) is 16.6. The van der Waals surface area contributed by atoms with Crippen LogP contribution in [0.1, 0.15) is 32.8 Å². The zero-order chi connectivity index (χ0) is 20.7. The monoisotopic (exact) mass is 407 g/mol. The smallest absolute Gasteiger partial charge is 0.426 e. The highest BCUT2D eigenvalue weighted by atomic mass is 32.2. The van der Waals surface area contributed by atoms with Gasteiger partial charge in [0.2, 0.25) is 0 Å². The Morgan fingerprint density at radius 3 is 2.82 bits per heavy atom. The van der Waals surface area contributed by atoms with E-state index in [1.54, 1.807) is 17.3 Å². The van der Waals surface area contributed by atoms with Crippen molar-refractivity contribution >= 4 is 24.2 Å². The summed E-state index contributed by atoms with van der Waals surface area (Å²) in [5.74, 6) is 0.507. The van der Waals surface area contributed by atoms with Crippen molar-refractivity contribution in [2.75, 3.05) is 26.7 Å². The fourth-order valence-corrected chi connectivity index (χ4v) is 3.49. The number of benzene rings is 1. The number of para-hydroxylation sites is 1. The van der Waals surface area contributed by atoms with Crippen LogP contribution in [0.4, 0.5) is 4.79 Å². The first-order valence-electron chi connectivity index (χ1n) is 8.97. The third-order valence-corrected chi connectivity index (χ3v) is 4.77. The van der Waals surface area contributed by atoms with Crippen LogP contribution in [0, 0.1) is 11.3 Å². The molecule has 0 saturated carbocycles. The van der Waals surface area contributed by atoms with Crippen LogP contribution in [-0.2, 0) is 16.0 Å². The number of nitrogens with zero attached hydrogens (tertiary/aromatic N) is 3. The summed E-state index contributed by atoms with van der Waals surface area (Å²) in [6.07, 6.45) is 0.335. The van der Waals surface area contributed by atoms with E-state index in [0.29, 0.717) is 18.0 Å². The quantitative estimate of drug-likeness (QED) is 0.479. The molecule has 0 radical (unpaired) electrons. The maximum absolute atomic E-state index is 12.5. The Bertz CT molecular complexity index is 762. The number of carbonyl (C=O) groups excluding carboxylic acids is 2. The van der Waals surface area contributed by atoms with E-state index >= 15 is 0 Å². The SMILES string of the molecule is CCOC(=O)CN(CCC#N)SN(C)C(=O)Oc1cccc2c1OC(C)(C)C2. The van der Waals surface area contributed by atoms with Gasteiger partial charge in [-0.15, -0.1) is 0 Å². The van der Waals surface area contributed by atoms with Crippen molar-refractivity contribution in [2.45, 2.75) is 39.2 Å². The number of rotatable bonds is 8. The minimum atomic E-state index is -0.613. The number of esters is 1. The molecule has 152 valence electrons. The number of carbonyl (C=O) groups is 2. The Labute approximate surface area is 169 Å². The average Bonchev–Trinajstić information content (AvgIpc) is 2.94. The summed E-state index contributed by atoms with van der Waals surface area (Å²) in [4.78, 5) is 24.3. The summed E-state index contributed by atoms with van der Waals surface area (Å²) in [6.45, 7) is 6.19. The fraction of sp³-hybridized carbons (Fsp3) is 0.526. The second kappa shape index (κ2) is 9.66. The second-order valence-electron chi connectivity index (χ2n) is 6.81. The molecule has 8 nitrogen and oxygen atoms in total. The molecule has 2 rings (SSSR count). The van der Waals surface area contributed by atoms with Gasteiger partial charge in [0.05, 0.1) is 12.7 Å². The van der Waals surface area contributed by atoms with Crippen LogP contribution in [0.15, 0.2) is 18.2 Å². The van der Waals surface area contributed by atoms with Gasteiger partial charge in [0.15, 0.2) is 11.5 Å². The number of hydrogen-bond donors (Lipinski definition) is 0. The molecule has 1 aliphatic heterocycles. The van der Waals surface area contributed by atoms with E-state index in [4.69, 9.17) is 19.5 Å². The molecule has 1 aliphatic rings. The first-order valence-corrected chi connectivity index (χ1v) is 9.71. The van der Waals surface area contributed by atoms with E-state index in [9.17, 15) is 9.59 Å².